The van der Waals surface area contributed by atoms with Crippen molar-refractivity contribution in [1.82, 2.24) is 5.32 Å². The lowest BCUT2D eigenvalue weighted by Crippen LogP contribution is -2.54. The molecule has 1 saturated carbocycles. The Balaban J connectivity index is 2.68. The van der Waals surface area contributed by atoms with Crippen LogP contribution >= 0.6 is 0 Å². The predicted octanol–water partition coefficient (Wildman–Crippen LogP) is 2.57. The first-order valence-corrected chi connectivity index (χ1v) is 6.96. The summed E-state index contributed by atoms with van der Waals surface area (Å²) in [5.74, 6) is -0.686. The molecular weight excluding hydrogens is 230 g/mol. The van der Waals surface area contributed by atoms with E-state index >= 15 is 0 Å². The molecule has 4 nitrogen and oxygen atoms in total. The molecule has 0 bridgehead atoms. The zero-order valence-corrected chi connectivity index (χ0v) is 11.7. The highest BCUT2D eigenvalue weighted by Gasteiger charge is 2.37. The predicted molar refractivity (Wildman–Crippen MR) is 70.2 cm³/mol. The molecule has 3 unspecified atom stereocenters. The number of aliphatic carboxylic acids is 1. The van der Waals surface area contributed by atoms with E-state index in [2.05, 4.69) is 12.2 Å². The maximum Gasteiger partial charge on any atom is 0.329 e. The zero-order valence-electron chi connectivity index (χ0n) is 11.7. The lowest BCUT2D eigenvalue weighted by molar-refractivity contribution is -0.148. The first-order valence-electron chi connectivity index (χ1n) is 6.96. The van der Waals surface area contributed by atoms with E-state index in [4.69, 9.17) is 0 Å². The summed E-state index contributed by atoms with van der Waals surface area (Å²) < 4.78 is 0. The number of hydrogen-bond acceptors (Lipinski definition) is 2. The summed E-state index contributed by atoms with van der Waals surface area (Å²) in [5.41, 5.74) is -1.12. The second-order valence-electron chi connectivity index (χ2n) is 5.74. The van der Waals surface area contributed by atoms with Crippen LogP contribution in [0, 0.1) is 11.8 Å². The Morgan fingerprint density at radius 1 is 1.33 bits per heavy atom. The molecular formula is C14H25NO3. The summed E-state index contributed by atoms with van der Waals surface area (Å²) in [6, 6.07) is 0. The largest absolute Gasteiger partial charge is 0.480 e. The van der Waals surface area contributed by atoms with Crippen molar-refractivity contribution in [1.29, 1.82) is 0 Å². The Labute approximate surface area is 109 Å². The second-order valence-corrected chi connectivity index (χ2v) is 5.74. The van der Waals surface area contributed by atoms with Crippen molar-refractivity contribution in [2.75, 3.05) is 0 Å². The highest BCUT2D eigenvalue weighted by atomic mass is 16.4. The zero-order chi connectivity index (χ0) is 13.8. The van der Waals surface area contributed by atoms with Crippen LogP contribution in [0.4, 0.5) is 0 Å². The Kier molecular flexibility index (Phi) is 5.17. The van der Waals surface area contributed by atoms with Crippen LogP contribution in [0.1, 0.15) is 59.3 Å². The van der Waals surface area contributed by atoms with Crippen LogP contribution in [-0.4, -0.2) is 22.5 Å². The lowest BCUT2D eigenvalue weighted by atomic mass is 9.79. The highest BCUT2D eigenvalue weighted by Crippen LogP contribution is 2.30. The van der Waals surface area contributed by atoms with Crippen molar-refractivity contribution in [2.45, 2.75) is 64.8 Å². The Bertz CT molecular complexity index is 316. The Hall–Kier alpha value is -1.06. The molecule has 0 spiro atoms. The van der Waals surface area contributed by atoms with E-state index in [0.29, 0.717) is 12.3 Å². The van der Waals surface area contributed by atoms with Crippen LogP contribution in [0.15, 0.2) is 0 Å². The minimum Gasteiger partial charge on any atom is -0.480 e. The summed E-state index contributed by atoms with van der Waals surface area (Å²) in [6.07, 6.45) is 5.40. The summed E-state index contributed by atoms with van der Waals surface area (Å²) in [6.45, 7) is 5.61. The highest BCUT2D eigenvalue weighted by molar-refractivity contribution is 5.87. The fourth-order valence-corrected chi connectivity index (χ4v) is 2.79. The van der Waals surface area contributed by atoms with Crippen molar-refractivity contribution in [3.63, 3.8) is 0 Å². The van der Waals surface area contributed by atoms with Gasteiger partial charge < -0.3 is 10.4 Å². The van der Waals surface area contributed by atoms with E-state index in [1.54, 1.807) is 6.92 Å². The first-order chi connectivity index (χ1) is 8.40. The van der Waals surface area contributed by atoms with Gasteiger partial charge in [-0.25, -0.2) is 4.79 Å². The third-order valence-electron chi connectivity index (χ3n) is 4.07. The van der Waals surface area contributed by atoms with Gasteiger partial charge in [0.2, 0.25) is 5.91 Å². The molecule has 18 heavy (non-hydrogen) atoms. The fourth-order valence-electron chi connectivity index (χ4n) is 2.79. The van der Waals surface area contributed by atoms with Crippen LogP contribution in [0.2, 0.25) is 0 Å². The average molecular weight is 255 g/mol. The van der Waals surface area contributed by atoms with E-state index in [0.717, 1.165) is 25.7 Å². The molecule has 0 aliphatic heterocycles. The molecule has 0 saturated heterocycles. The molecule has 4 heteroatoms. The molecule has 2 N–H and O–H groups in total. The third kappa shape index (κ3) is 3.47. The molecule has 3 atom stereocenters. The van der Waals surface area contributed by atoms with Crippen molar-refractivity contribution in [3.8, 4) is 0 Å². The Morgan fingerprint density at radius 3 is 2.44 bits per heavy atom. The van der Waals surface area contributed by atoms with Gasteiger partial charge in [0, 0.05) is 5.92 Å². The van der Waals surface area contributed by atoms with Crippen molar-refractivity contribution in [3.05, 3.63) is 0 Å². The van der Waals surface area contributed by atoms with Crippen LogP contribution in [0.25, 0.3) is 0 Å². The molecule has 1 aliphatic rings. The summed E-state index contributed by atoms with van der Waals surface area (Å²) in [7, 11) is 0. The molecule has 0 aromatic carbocycles. The number of carbonyl (C=O) groups is 2. The molecule has 1 amide bonds. The van der Waals surface area contributed by atoms with Crippen molar-refractivity contribution < 1.29 is 14.7 Å². The molecule has 1 aliphatic carbocycles. The molecule has 104 valence electrons. The van der Waals surface area contributed by atoms with Crippen LogP contribution in [-0.2, 0) is 9.59 Å². The normalized spacial score (nSPS) is 27.3. The molecule has 0 aromatic rings. The Morgan fingerprint density at radius 2 is 1.94 bits per heavy atom. The summed E-state index contributed by atoms with van der Waals surface area (Å²) >= 11 is 0. The standard InChI is InChI=1S/C14H25NO3/c1-4-9-14(3,13(17)18)15-12(16)11-8-6-5-7-10(11)2/h10-11H,4-9H2,1-3H3,(H,15,16)(H,17,18). The average Bonchev–Trinajstić information content (AvgIpc) is 2.29. The van der Waals surface area contributed by atoms with Gasteiger partial charge in [-0.2, -0.15) is 0 Å². The molecule has 0 radical (unpaired) electrons. The monoisotopic (exact) mass is 255 g/mol. The van der Waals surface area contributed by atoms with Gasteiger partial charge in [0.25, 0.3) is 0 Å². The molecule has 1 rings (SSSR count). The second kappa shape index (κ2) is 6.21. The molecule has 1 fully saturated rings. The van der Waals surface area contributed by atoms with E-state index in [-0.39, 0.29) is 11.8 Å². The minimum absolute atomic E-state index is 0.0192. The summed E-state index contributed by atoms with van der Waals surface area (Å²) in [5, 5.41) is 12.0. The van der Waals surface area contributed by atoms with Gasteiger partial charge in [-0.1, -0.05) is 33.1 Å². The summed E-state index contributed by atoms with van der Waals surface area (Å²) in [4.78, 5) is 23.5. The number of amides is 1. The SMILES string of the molecule is CCCC(C)(NC(=O)C1CCCCC1C)C(=O)O. The third-order valence-corrected chi connectivity index (χ3v) is 4.07. The van der Waals surface area contributed by atoms with E-state index in [9.17, 15) is 14.7 Å². The molecule has 0 heterocycles. The number of nitrogens with one attached hydrogen (secondary N) is 1. The van der Waals surface area contributed by atoms with Gasteiger partial charge in [-0.15, -0.1) is 0 Å². The maximum absolute atomic E-state index is 12.2. The number of hydrogen-bond donors (Lipinski definition) is 2. The first kappa shape index (κ1) is 15.0. The molecule has 0 aromatic heterocycles. The van der Waals surface area contributed by atoms with Gasteiger partial charge in [0.15, 0.2) is 0 Å². The maximum atomic E-state index is 12.2. The van der Waals surface area contributed by atoms with Crippen LogP contribution in [0.3, 0.4) is 0 Å². The van der Waals surface area contributed by atoms with E-state index in [1.165, 1.54) is 6.42 Å². The van der Waals surface area contributed by atoms with Gasteiger partial charge in [-0.05, 0) is 32.1 Å². The van der Waals surface area contributed by atoms with Gasteiger partial charge in [0.1, 0.15) is 5.54 Å². The van der Waals surface area contributed by atoms with Crippen LogP contribution < -0.4 is 5.32 Å². The topological polar surface area (TPSA) is 66.4 Å². The van der Waals surface area contributed by atoms with Gasteiger partial charge >= 0.3 is 5.97 Å². The van der Waals surface area contributed by atoms with Crippen molar-refractivity contribution >= 4 is 11.9 Å². The quantitative estimate of drug-likeness (QED) is 0.793. The van der Waals surface area contributed by atoms with Gasteiger partial charge in [0.05, 0.1) is 0 Å². The number of carboxylic acid groups (broad SMARTS) is 1. The number of rotatable bonds is 5. The van der Waals surface area contributed by atoms with Crippen molar-refractivity contribution in [2.24, 2.45) is 11.8 Å². The fraction of sp³-hybridized carbons (Fsp3) is 0.857. The van der Waals surface area contributed by atoms with Gasteiger partial charge in [-0.3, -0.25) is 4.79 Å². The minimum atomic E-state index is -1.12. The van der Waals surface area contributed by atoms with Crippen LogP contribution in [0.5, 0.6) is 0 Å². The van der Waals surface area contributed by atoms with E-state index in [1.807, 2.05) is 6.92 Å². The van der Waals surface area contributed by atoms with E-state index < -0.39 is 11.5 Å². The number of carbonyl (C=O) groups excluding carboxylic acids is 1. The lowest BCUT2D eigenvalue weighted by Gasteiger charge is -2.32. The smallest absolute Gasteiger partial charge is 0.329 e. The number of carboxylic acids is 1.